The van der Waals surface area contributed by atoms with Crippen LogP contribution >= 0.6 is 35.3 Å². The van der Waals surface area contributed by atoms with E-state index >= 15 is 0 Å². The molecule has 2 aliphatic rings. The molecule has 0 aromatic carbocycles. The van der Waals surface area contributed by atoms with Gasteiger partial charge in [-0.1, -0.05) is 13.0 Å². The van der Waals surface area contributed by atoms with Crippen LogP contribution in [0.3, 0.4) is 0 Å². The summed E-state index contributed by atoms with van der Waals surface area (Å²) in [7, 11) is 0. The van der Waals surface area contributed by atoms with E-state index in [-0.39, 0.29) is 24.0 Å². The first-order valence-electron chi connectivity index (χ1n) is 6.85. The molecular weight excluding hydrogens is 369 g/mol. The number of hydrogen-bond donors (Lipinski definition) is 1. The van der Waals surface area contributed by atoms with E-state index in [2.05, 4.69) is 41.6 Å². The van der Waals surface area contributed by atoms with Gasteiger partial charge in [0.25, 0.3) is 0 Å². The normalized spacial score (nSPS) is 27.3. The van der Waals surface area contributed by atoms with Crippen LogP contribution in [-0.4, -0.2) is 30.0 Å². The number of halogens is 1. The molecule has 1 aromatic rings. The Morgan fingerprint density at radius 1 is 1.47 bits per heavy atom. The fourth-order valence-corrected chi connectivity index (χ4v) is 3.61. The lowest BCUT2D eigenvalue weighted by Gasteiger charge is -2.36. The van der Waals surface area contributed by atoms with Gasteiger partial charge >= 0.3 is 0 Å². The monoisotopic (exact) mass is 391 g/mol. The molecule has 3 rings (SSSR count). The van der Waals surface area contributed by atoms with Crippen molar-refractivity contribution in [3.8, 4) is 0 Å². The molecule has 1 aromatic heterocycles. The quantitative estimate of drug-likeness (QED) is 0.782. The maximum absolute atomic E-state index is 4.70. The minimum Gasteiger partial charge on any atom is -0.349 e. The first kappa shape index (κ1) is 15.1. The molecule has 0 bridgehead atoms. The Kier molecular flexibility index (Phi) is 5.11. The molecule has 1 fully saturated rings. The molecule has 0 aliphatic carbocycles. The largest absolute Gasteiger partial charge is 0.349 e. The van der Waals surface area contributed by atoms with Crippen LogP contribution in [0, 0.1) is 5.92 Å². The first-order valence-corrected chi connectivity index (χ1v) is 7.73. The summed E-state index contributed by atoms with van der Waals surface area (Å²) < 4.78 is 0. The Bertz CT molecular complexity index is 432. The molecule has 5 heteroatoms. The van der Waals surface area contributed by atoms with Gasteiger partial charge in [0.2, 0.25) is 0 Å². The van der Waals surface area contributed by atoms with Crippen LogP contribution < -0.4 is 5.32 Å². The number of nitrogens with zero attached hydrogens (tertiary/aromatic N) is 2. The molecule has 3 nitrogen and oxygen atoms in total. The summed E-state index contributed by atoms with van der Waals surface area (Å²) >= 11 is 1.81. The van der Waals surface area contributed by atoms with Crippen LogP contribution in [0.2, 0.25) is 0 Å². The molecule has 0 radical (unpaired) electrons. The maximum Gasteiger partial charge on any atom is 0.194 e. The summed E-state index contributed by atoms with van der Waals surface area (Å²) in [4.78, 5) is 8.57. The number of thiophene rings is 1. The van der Waals surface area contributed by atoms with Gasteiger partial charge < -0.3 is 10.2 Å². The van der Waals surface area contributed by atoms with Crippen molar-refractivity contribution < 1.29 is 0 Å². The standard InChI is InChI=1S/C14H21N3S.HI/c1-10-5-6-12-8-15-14(17(12)9-10)16-11(2)13-4-3-7-18-13;/h3-4,7,10-12H,5-6,8-9H2,1-2H3,(H,15,16);1H. The molecule has 3 atom stereocenters. The van der Waals surface area contributed by atoms with Crippen LogP contribution in [0.25, 0.3) is 0 Å². The fourth-order valence-electron chi connectivity index (χ4n) is 2.87. The molecule has 0 spiro atoms. The third kappa shape index (κ3) is 3.24. The van der Waals surface area contributed by atoms with Crippen molar-refractivity contribution in [1.29, 1.82) is 0 Å². The zero-order chi connectivity index (χ0) is 12.5. The van der Waals surface area contributed by atoms with E-state index in [1.807, 2.05) is 11.3 Å². The molecule has 2 aliphatic heterocycles. The van der Waals surface area contributed by atoms with Gasteiger partial charge in [-0.3, -0.25) is 4.99 Å². The maximum atomic E-state index is 4.70. The minimum absolute atomic E-state index is 0. The van der Waals surface area contributed by atoms with Gasteiger partial charge in [0.1, 0.15) is 0 Å². The molecule has 0 amide bonds. The third-order valence-electron chi connectivity index (χ3n) is 3.98. The highest BCUT2D eigenvalue weighted by molar-refractivity contribution is 14.0. The van der Waals surface area contributed by atoms with E-state index in [1.54, 1.807) is 0 Å². The Labute approximate surface area is 136 Å². The zero-order valence-electron chi connectivity index (χ0n) is 11.5. The summed E-state index contributed by atoms with van der Waals surface area (Å²) in [5, 5.41) is 5.72. The molecule has 1 N–H and O–H groups in total. The van der Waals surface area contributed by atoms with Crippen molar-refractivity contribution in [2.24, 2.45) is 10.9 Å². The van der Waals surface area contributed by atoms with Crippen molar-refractivity contribution in [3.63, 3.8) is 0 Å². The summed E-state index contributed by atoms with van der Waals surface area (Å²) in [5.74, 6) is 1.91. The van der Waals surface area contributed by atoms with Gasteiger partial charge in [-0.05, 0) is 37.1 Å². The lowest BCUT2D eigenvalue weighted by atomic mass is 9.95. The smallest absolute Gasteiger partial charge is 0.194 e. The highest BCUT2D eigenvalue weighted by Gasteiger charge is 2.33. The lowest BCUT2D eigenvalue weighted by molar-refractivity contribution is 0.210. The minimum atomic E-state index is 0. The molecule has 0 saturated carbocycles. The highest BCUT2D eigenvalue weighted by Crippen LogP contribution is 2.26. The molecule has 3 heterocycles. The van der Waals surface area contributed by atoms with Crippen LogP contribution in [0.1, 0.15) is 37.6 Å². The Morgan fingerprint density at radius 3 is 3.05 bits per heavy atom. The van der Waals surface area contributed by atoms with Crippen LogP contribution in [0.4, 0.5) is 0 Å². The average Bonchev–Trinajstić information content (AvgIpc) is 2.99. The number of hydrogen-bond acceptors (Lipinski definition) is 4. The van der Waals surface area contributed by atoms with E-state index < -0.39 is 0 Å². The lowest BCUT2D eigenvalue weighted by Crippen LogP contribution is -2.48. The van der Waals surface area contributed by atoms with Crippen molar-refractivity contribution in [2.75, 3.05) is 13.1 Å². The first-order chi connectivity index (χ1) is 8.74. The van der Waals surface area contributed by atoms with Gasteiger partial charge in [-0.15, -0.1) is 35.3 Å². The summed E-state index contributed by atoms with van der Waals surface area (Å²) in [6, 6.07) is 5.31. The van der Waals surface area contributed by atoms with E-state index in [9.17, 15) is 0 Å². The number of rotatable bonds is 2. The van der Waals surface area contributed by atoms with E-state index in [4.69, 9.17) is 4.99 Å². The molecule has 19 heavy (non-hydrogen) atoms. The second-order valence-corrected chi connectivity index (χ2v) is 6.51. The van der Waals surface area contributed by atoms with Gasteiger partial charge in [0, 0.05) is 11.4 Å². The molecule has 106 valence electrons. The van der Waals surface area contributed by atoms with Gasteiger partial charge in [0.15, 0.2) is 5.96 Å². The van der Waals surface area contributed by atoms with Gasteiger partial charge in [0.05, 0.1) is 18.6 Å². The topological polar surface area (TPSA) is 27.6 Å². The highest BCUT2D eigenvalue weighted by atomic mass is 127. The van der Waals surface area contributed by atoms with Gasteiger partial charge in [-0.25, -0.2) is 0 Å². The molecule has 1 saturated heterocycles. The Balaban J connectivity index is 0.00000133. The summed E-state index contributed by atoms with van der Waals surface area (Å²) in [6.07, 6.45) is 2.65. The van der Waals surface area contributed by atoms with Crippen LogP contribution in [0.15, 0.2) is 22.5 Å². The second kappa shape index (κ2) is 6.43. The number of piperidine rings is 1. The van der Waals surface area contributed by atoms with Crippen molar-refractivity contribution >= 4 is 41.3 Å². The fraction of sp³-hybridized carbons (Fsp3) is 0.643. The molecular formula is C14H22IN3S. The Morgan fingerprint density at radius 2 is 2.32 bits per heavy atom. The van der Waals surface area contributed by atoms with Crippen molar-refractivity contribution in [2.45, 2.75) is 38.8 Å². The Hall–Kier alpha value is -0.300. The molecule has 3 unspecified atom stereocenters. The number of guanidine groups is 1. The van der Waals surface area contributed by atoms with E-state index in [1.165, 1.54) is 17.7 Å². The zero-order valence-corrected chi connectivity index (χ0v) is 14.7. The third-order valence-corrected chi connectivity index (χ3v) is 5.04. The predicted octanol–water partition coefficient (Wildman–Crippen LogP) is 3.49. The van der Waals surface area contributed by atoms with E-state index in [0.29, 0.717) is 12.1 Å². The summed E-state index contributed by atoms with van der Waals surface area (Å²) in [5.41, 5.74) is 0. The van der Waals surface area contributed by atoms with Crippen LogP contribution in [-0.2, 0) is 0 Å². The van der Waals surface area contributed by atoms with Gasteiger partial charge in [-0.2, -0.15) is 0 Å². The SMILES string of the molecule is CC1CCC2CN=C(NC(C)c3cccs3)N2C1.I. The number of aliphatic imine (C=N–C) groups is 1. The van der Waals surface area contributed by atoms with Crippen molar-refractivity contribution in [1.82, 2.24) is 10.2 Å². The second-order valence-electron chi connectivity index (χ2n) is 5.53. The van der Waals surface area contributed by atoms with Crippen molar-refractivity contribution in [3.05, 3.63) is 22.4 Å². The number of fused-ring (bicyclic) bond motifs is 1. The number of nitrogens with one attached hydrogen (secondary N) is 1. The summed E-state index contributed by atoms with van der Waals surface area (Å²) in [6.45, 7) is 6.70. The van der Waals surface area contributed by atoms with Crippen LogP contribution in [0.5, 0.6) is 0 Å². The average molecular weight is 391 g/mol. The predicted molar refractivity (Wildman–Crippen MR) is 92.5 cm³/mol. The van der Waals surface area contributed by atoms with E-state index in [0.717, 1.165) is 25.0 Å².